The summed E-state index contributed by atoms with van der Waals surface area (Å²) in [6.45, 7) is 2.00. The van der Waals surface area contributed by atoms with Crippen molar-refractivity contribution < 1.29 is 14.6 Å². The molecule has 1 amide bonds. The minimum atomic E-state index is -0.975. The van der Waals surface area contributed by atoms with Crippen molar-refractivity contribution in [2.45, 2.75) is 38.4 Å². The van der Waals surface area contributed by atoms with Gasteiger partial charge in [0.05, 0.1) is 6.10 Å². The summed E-state index contributed by atoms with van der Waals surface area (Å²) in [6.07, 6.45) is -0.652. The first-order valence-corrected chi connectivity index (χ1v) is 6.81. The van der Waals surface area contributed by atoms with Crippen molar-refractivity contribution in [3.05, 3.63) is 33.8 Å². The van der Waals surface area contributed by atoms with Crippen molar-refractivity contribution in [3.63, 3.8) is 0 Å². The van der Waals surface area contributed by atoms with Gasteiger partial charge >= 0.3 is 6.09 Å². The summed E-state index contributed by atoms with van der Waals surface area (Å²) in [7, 11) is 0. The number of carbonyl (C=O) groups excluding carboxylic acids is 1. The van der Waals surface area contributed by atoms with Gasteiger partial charge in [-0.15, -0.1) is 0 Å². The van der Waals surface area contributed by atoms with E-state index in [1.165, 1.54) is 0 Å². The second-order valence-corrected chi connectivity index (χ2v) is 5.02. The zero-order valence-electron chi connectivity index (χ0n) is 10.6. The fourth-order valence-corrected chi connectivity index (χ4v) is 2.41. The SMILES string of the molecule is CCCC[C@@H](O)[C@H](OC(N)=O)c1c(Cl)cccc1Cl. The maximum atomic E-state index is 11.0. The monoisotopic (exact) mass is 305 g/mol. The fraction of sp³-hybridized carbons (Fsp3) is 0.462. The highest BCUT2D eigenvalue weighted by atomic mass is 35.5. The lowest BCUT2D eigenvalue weighted by molar-refractivity contribution is 0.0000131. The zero-order valence-corrected chi connectivity index (χ0v) is 12.1. The second-order valence-electron chi connectivity index (χ2n) is 4.20. The molecule has 4 nitrogen and oxygen atoms in total. The van der Waals surface area contributed by atoms with Crippen LogP contribution in [0.3, 0.4) is 0 Å². The topological polar surface area (TPSA) is 72.6 Å². The fourth-order valence-electron chi connectivity index (χ4n) is 1.80. The Balaban J connectivity index is 3.05. The number of amides is 1. The highest BCUT2D eigenvalue weighted by Gasteiger charge is 2.28. The number of primary amides is 1. The van der Waals surface area contributed by atoms with Gasteiger partial charge in [0, 0.05) is 15.6 Å². The summed E-state index contributed by atoms with van der Waals surface area (Å²) in [5.74, 6) is 0. The molecule has 0 aliphatic heterocycles. The van der Waals surface area contributed by atoms with Crippen LogP contribution >= 0.6 is 23.2 Å². The minimum Gasteiger partial charge on any atom is -0.439 e. The Morgan fingerprint density at radius 3 is 2.47 bits per heavy atom. The molecule has 0 bridgehead atoms. The summed E-state index contributed by atoms with van der Waals surface area (Å²) in [4.78, 5) is 11.0. The average Bonchev–Trinajstić information content (AvgIpc) is 2.34. The molecule has 0 aliphatic rings. The van der Waals surface area contributed by atoms with Crippen LogP contribution in [0, 0.1) is 0 Å². The minimum absolute atomic E-state index is 0.328. The van der Waals surface area contributed by atoms with Gasteiger partial charge in [-0.2, -0.15) is 0 Å². The van der Waals surface area contributed by atoms with Crippen LogP contribution < -0.4 is 5.73 Å². The van der Waals surface area contributed by atoms with Crippen LogP contribution in [-0.2, 0) is 4.74 Å². The van der Waals surface area contributed by atoms with E-state index in [1.54, 1.807) is 18.2 Å². The number of rotatable bonds is 6. The Hall–Kier alpha value is -0.970. The number of aliphatic hydroxyl groups excluding tert-OH is 1. The van der Waals surface area contributed by atoms with Gasteiger partial charge in [0.1, 0.15) is 0 Å². The number of nitrogens with two attached hydrogens (primary N) is 1. The molecule has 0 heterocycles. The van der Waals surface area contributed by atoms with Gasteiger partial charge in [-0.25, -0.2) is 4.79 Å². The molecule has 1 aromatic carbocycles. The van der Waals surface area contributed by atoms with Crippen molar-refractivity contribution >= 4 is 29.3 Å². The van der Waals surface area contributed by atoms with Gasteiger partial charge in [-0.1, -0.05) is 49.0 Å². The molecule has 3 N–H and O–H groups in total. The van der Waals surface area contributed by atoms with Crippen molar-refractivity contribution in [3.8, 4) is 0 Å². The quantitative estimate of drug-likeness (QED) is 0.842. The average molecular weight is 306 g/mol. The molecule has 2 atom stereocenters. The number of unbranched alkanes of at least 4 members (excludes halogenated alkanes) is 1. The van der Waals surface area contributed by atoms with E-state index in [1.807, 2.05) is 6.92 Å². The maximum Gasteiger partial charge on any atom is 0.405 e. The molecule has 106 valence electrons. The largest absolute Gasteiger partial charge is 0.439 e. The number of benzene rings is 1. The van der Waals surface area contributed by atoms with Gasteiger partial charge in [0.15, 0.2) is 6.10 Å². The first-order valence-electron chi connectivity index (χ1n) is 6.05. The van der Waals surface area contributed by atoms with Gasteiger partial charge in [0.2, 0.25) is 0 Å². The van der Waals surface area contributed by atoms with E-state index >= 15 is 0 Å². The molecule has 0 fully saturated rings. The molecule has 0 spiro atoms. The number of aliphatic hydroxyl groups is 1. The van der Waals surface area contributed by atoms with E-state index in [-0.39, 0.29) is 0 Å². The number of hydrogen-bond donors (Lipinski definition) is 2. The smallest absolute Gasteiger partial charge is 0.405 e. The Morgan fingerprint density at radius 2 is 2.00 bits per heavy atom. The van der Waals surface area contributed by atoms with E-state index < -0.39 is 18.3 Å². The third-order valence-corrected chi connectivity index (χ3v) is 3.39. The van der Waals surface area contributed by atoms with Gasteiger partial charge in [-0.3, -0.25) is 0 Å². The normalized spacial score (nSPS) is 13.9. The first kappa shape index (κ1) is 16.1. The van der Waals surface area contributed by atoms with Gasteiger partial charge in [-0.05, 0) is 18.6 Å². The van der Waals surface area contributed by atoms with Crippen LogP contribution in [0.5, 0.6) is 0 Å². The van der Waals surface area contributed by atoms with Crippen LogP contribution in [0.1, 0.15) is 37.9 Å². The van der Waals surface area contributed by atoms with Crippen LogP contribution in [0.25, 0.3) is 0 Å². The number of hydrogen-bond acceptors (Lipinski definition) is 3. The van der Waals surface area contributed by atoms with Crippen LogP contribution in [-0.4, -0.2) is 17.3 Å². The summed E-state index contributed by atoms with van der Waals surface area (Å²) in [6, 6.07) is 4.91. The highest BCUT2D eigenvalue weighted by Crippen LogP contribution is 2.35. The van der Waals surface area contributed by atoms with Crippen LogP contribution in [0.4, 0.5) is 4.79 Å². The summed E-state index contributed by atoms with van der Waals surface area (Å²) in [5.41, 5.74) is 5.42. The van der Waals surface area contributed by atoms with E-state index in [0.717, 1.165) is 12.8 Å². The lowest BCUT2D eigenvalue weighted by Crippen LogP contribution is -2.27. The molecule has 0 saturated carbocycles. The Bertz CT molecular complexity index is 420. The molecule has 1 rings (SSSR count). The van der Waals surface area contributed by atoms with Crippen LogP contribution in [0.2, 0.25) is 10.0 Å². The van der Waals surface area contributed by atoms with Gasteiger partial charge < -0.3 is 15.6 Å². The number of halogens is 2. The van der Waals surface area contributed by atoms with Crippen molar-refractivity contribution in [1.29, 1.82) is 0 Å². The van der Waals surface area contributed by atoms with E-state index in [9.17, 15) is 9.90 Å². The number of carbonyl (C=O) groups is 1. The lowest BCUT2D eigenvalue weighted by atomic mass is 10.00. The van der Waals surface area contributed by atoms with Crippen LogP contribution in [0.15, 0.2) is 18.2 Å². The number of ether oxygens (including phenoxy) is 1. The standard InChI is InChI=1S/C13H17Cl2NO3/c1-2-3-7-10(17)12(19-13(16)18)11-8(14)5-4-6-9(11)15/h4-6,10,12,17H,2-3,7H2,1H3,(H2,16,18)/t10-,12+/m1/s1. The molecule has 19 heavy (non-hydrogen) atoms. The van der Waals surface area contributed by atoms with Gasteiger partial charge in [0.25, 0.3) is 0 Å². The van der Waals surface area contributed by atoms with Crippen molar-refractivity contribution in [2.24, 2.45) is 5.73 Å². The first-order chi connectivity index (χ1) is 8.97. The lowest BCUT2D eigenvalue weighted by Gasteiger charge is -2.24. The Kier molecular flexibility index (Phi) is 6.42. The summed E-state index contributed by atoms with van der Waals surface area (Å²) in [5, 5.41) is 10.8. The molecule has 6 heteroatoms. The Morgan fingerprint density at radius 1 is 1.42 bits per heavy atom. The summed E-state index contributed by atoms with van der Waals surface area (Å²) < 4.78 is 4.98. The van der Waals surface area contributed by atoms with Crippen molar-refractivity contribution in [2.75, 3.05) is 0 Å². The molecule has 0 saturated heterocycles. The van der Waals surface area contributed by atoms with E-state index in [4.69, 9.17) is 33.7 Å². The highest BCUT2D eigenvalue weighted by molar-refractivity contribution is 6.36. The van der Waals surface area contributed by atoms with E-state index in [2.05, 4.69) is 0 Å². The maximum absolute atomic E-state index is 11.0. The third-order valence-electron chi connectivity index (χ3n) is 2.73. The Labute approximate surface area is 122 Å². The van der Waals surface area contributed by atoms with Crippen molar-refractivity contribution in [1.82, 2.24) is 0 Å². The predicted molar refractivity (Wildman–Crippen MR) is 75.4 cm³/mol. The molecule has 1 aromatic rings. The zero-order chi connectivity index (χ0) is 14.4. The van der Waals surface area contributed by atoms with E-state index in [0.29, 0.717) is 22.0 Å². The molecule has 0 aromatic heterocycles. The molecule has 0 aliphatic carbocycles. The predicted octanol–water partition coefficient (Wildman–Crippen LogP) is 3.68. The molecular formula is C13H17Cl2NO3. The molecular weight excluding hydrogens is 289 g/mol. The molecule has 0 unspecified atom stereocenters. The molecule has 0 radical (unpaired) electrons. The second kappa shape index (κ2) is 7.58. The summed E-state index contributed by atoms with van der Waals surface area (Å²) >= 11 is 12.1. The third kappa shape index (κ3) is 4.56.